The fraction of sp³-hybridized carbons (Fsp3) is 0.538. The van der Waals surface area contributed by atoms with Crippen molar-refractivity contribution in [3.63, 3.8) is 0 Å². The lowest BCUT2D eigenvalue weighted by Gasteiger charge is -2.16. The van der Waals surface area contributed by atoms with Crippen LogP contribution in [-0.2, 0) is 4.74 Å². The average Bonchev–Trinajstić information content (AvgIpc) is 2.21. The van der Waals surface area contributed by atoms with Crippen LogP contribution >= 0.6 is 11.6 Å². The van der Waals surface area contributed by atoms with Crippen LogP contribution in [0.4, 0.5) is 0 Å². The molecule has 0 saturated carbocycles. The van der Waals surface area contributed by atoms with Gasteiger partial charge in [-0.2, -0.15) is 0 Å². The molecule has 0 unspecified atom stereocenters. The van der Waals surface area contributed by atoms with E-state index in [4.69, 9.17) is 16.3 Å². The molecule has 0 aliphatic heterocycles. The van der Waals surface area contributed by atoms with E-state index in [1.807, 2.05) is 24.3 Å². The summed E-state index contributed by atoms with van der Waals surface area (Å²) in [5.74, 6) is 0.718. The van der Waals surface area contributed by atoms with Gasteiger partial charge in [0.2, 0.25) is 0 Å². The zero-order valence-electron chi connectivity index (χ0n) is 9.66. The van der Waals surface area contributed by atoms with Crippen molar-refractivity contribution in [2.75, 3.05) is 7.11 Å². The number of hydrogen-bond donors (Lipinski definition) is 0. The van der Waals surface area contributed by atoms with Gasteiger partial charge in [-0.05, 0) is 36.5 Å². The molecular formula is C13H19ClO. The summed E-state index contributed by atoms with van der Waals surface area (Å²) in [5.41, 5.74) is 1.21. The number of ether oxygens (including phenoxy) is 1. The topological polar surface area (TPSA) is 9.23 Å². The molecule has 0 bridgehead atoms. The van der Waals surface area contributed by atoms with Crippen molar-refractivity contribution in [2.24, 2.45) is 5.92 Å². The lowest BCUT2D eigenvalue weighted by molar-refractivity contribution is 0.0906. The highest BCUT2D eigenvalue weighted by molar-refractivity contribution is 6.30. The summed E-state index contributed by atoms with van der Waals surface area (Å²) < 4.78 is 5.48. The molecule has 15 heavy (non-hydrogen) atoms. The molecule has 0 spiro atoms. The molecule has 0 fully saturated rings. The van der Waals surface area contributed by atoms with Gasteiger partial charge in [-0.15, -0.1) is 0 Å². The molecule has 1 aromatic carbocycles. The lowest BCUT2D eigenvalue weighted by Crippen LogP contribution is -2.03. The van der Waals surface area contributed by atoms with Crippen LogP contribution in [0.2, 0.25) is 5.02 Å². The Kier molecular flexibility index (Phi) is 5.13. The van der Waals surface area contributed by atoms with Gasteiger partial charge in [0.1, 0.15) is 0 Å². The second-order valence-electron chi connectivity index (χ2n) is 4.25. The van der Waals surface area contributed by atoms with Crippen molar-refractivity contribution in [3.8, 4) is 0 Å². The number of hydrogen-bond acceptors (Lipinski definition) is 1. The smallest absolute Gasteiger partial charge is 0.0821 e. The van der Waals surface area contributed by atoms with Gasteiger partial charge in [0.25, 0.3) is 0 Å². The number of benzene rings is 1. The van der Waals surface area contributed by atoms with Crippen LogP contribution in [0.25, 0.3) is 0 Å². The molecule has 0 saturated heterocycles. The molecule has 1 atom stereocenters. The normalized spacial score (nSPS) is 13.1. The van der Waals surface area contributed by atoms with Crippen molar-refractivity contribution in [1.29, 1.82) is 0 Å². The second-order valence-corrected chi connectivity index (χ2v) is 4.68. The van der Waals surface area contributed by atoms with Crippen LogP contribution in [0.3, 0.4) is 0 Å². The Morgan fingerprint density at radius 3 is 2.20 bits per heavy atom. The van der Waals surface area contributed by atoms with Gasteiger partial charge < -0.3 is 4.74 Å². The molecule has 0 N–H and O–H groups in total. The maximum absolute atomic E-state index is 5.85. The van der Waals surface area contributed by atoms with Crippen molar-refractivity contribution < 1.29 is 4.74 Å². The summed E-state index contributed by atoms with van der Waals surface area (Å²) in [5, 5.41) is 0.775. The molecule has 0 aliphatic carbocycles. The number of rotatable bonds is 5. The van der Waals surface area contributed by atoms with Crippen LogP contribution in [-0.4, -0.2) is 7.11 Å². The third-order valence-electron chi connectivity index (χ3n) is 2.53. The van der Waals surface area contributed by atoms with Crippen LogP contribution < -0.4 is 0 Å². The fourth-order valence-corrected chi connectivity index (χ4v) is 1.71. The molecular weight excluding hydrogens is 208 g/mol. The highest BCUT2D eigenvalue weighted by Crippen LogP contribution is 2.25. The predicted molar refractivity (Wildman–Crippen MR) is 65.3 cm³/mol. The molecule has 0 amide bonds. The predicted octanol–water partition coefficient (Wildman–Crippen LogP) is 4.46. The van der Waals surface area contributed by atoms with Crippen LogP contribution in [0.5, 0.6) is 0 Å². The van der Waals surface area contributed by atoms with E-state index in [1.54, 1.807) is 7.11 Å². The Balaban J connectivity index is 2.61. The van der Waals surface area contributed by atoms with Crippen molar-refractivity contribution in [2.45, 2.75) is 32.8 Å². The summed E-state index contributed by atoms with van der Waals surface area (Å²) in [6.07, 6.45) is 2.45. The monoisotopic (exact) mass is 226 g/mol. The van der Waals surface area contributed by atoms with Gasteiger partial charge in [-0.1, -0.05) is 37.6 Å². The zero-order chi connectivity index (χ0) is 11.3. The van der Waals surface area contributed by atoms with Crippen LogP contribution in [0, 0.1) is 5.92 Å². The minimum atomic E-state index is 0.199. The molecule has 84 valence electrons. The summed E-state index contributed by atoms with van der Waals surface area (Å²) in [6, 6.07) is 7.91. The van der Waals surface area contributed by atoms with Gasteiger partial charge in [0.15, 0.2) is 0 Å². The fourth-order valence-electron chi connectivity index (χ4n) is 1.58. The van der Waals surface area contributed by atoms with E-state index in [0.29, 0.717) is 0 Å². The maximum atomic E-state index is 5.85. The van der Waals surface area contributed by atoms with Crippen molar-refractivity contribution in [1.82, 2.24) is 0 Å². The van der Waals surface area contributed by atoms with E-state index in [1.165, 1.54) is 12.0 Å². The molecule has 1 aromatic rings. The third kappa shape index (κ3) is 4.23. The average molecular weight is 227 g/mol. The first kappa shape index (κ1) is 12.5. The van der Waals surface area contributed by atoms with Crippen molar-refractivity contribution in [3.05, 3.63) is 34.9 Å². The maximum Gasteiger partial charge on any atom is 0.0821 e. The first-order chi connectivity index (χ1) is 7.13. The second kappa shape index (κ2) is 6.14. The Hall–Kier alpha value is -0.530. The Morgan fingerprint density at radius 1 is 1.13 bits per heavy atom. The highest BCUT2D eigenvalue weighted by Gasteiger charge is 2.10. The largest absolute Gasteiger partial charge is 0.377 e. The first-order valence-electron chi connectivity index (χ1n) is 5.41. The highest BCUT2D eigenvalue weighted by atomic mass is 35.5. The Bertz CT molecular complexity index is 279. The quantitative estimate of drug-likeness (QED) is 0.720. The first-order valence-corrected chi connectivity index (χ1v) is 5.79. The summed E-state index contributed by atoms with van der Waals surface area (Å²) in [7, 11) is 1.76. The number of methoxy groups -OCH3 is 1. The lowest BCUT2D eigenvalue weighted by atomic mass is 10.00. The van der Waals surface area contributed by atoms with E-state index >= 15 is 0 Å². The van der Waals surface area contributed by atoms with E-state index in [9.17, 15) is 0 Å². The molecule has 0 radical (unpaired) electrons. The molecule has 0 aromatic heterocycles. The third-order valence-corrected chi connectivity index (χ3v) is 2.78. The van der Waals surface area contributed by atoms with E-state index in [2.05, 4.69) is 13.8 Å². The molecule has 2 heteroatoms. The minimum absolute atomic E-state index is 0.199. The van der Waals surface area contributed by atoms with Gasteiger partial charge in [-0.25, -0.2) is 0 Å². The van der Waals surface area contributed by atoms with Gasteiger partial charge in [0.05, 0.1) is 6.10 Å². The molecule has 0 heterocycles. The van der Waals surface area contributed by atoms with E-state index in [-0.39, 0.29) is 6.10 Å². The van der Waals surface area contributed by atoms with Crippen LogP contribution in [0.1, 0.15) is 38.4 Å². The minimum Gasteiger partial charge on any atom is -0.377 e. The number of halogens is 1. The molecule has 1 nitrogen and oxygen atoms in total. The molecule has 1 rings (SSSR count). The SMILES string of the molecule is CO[C@@H](CCC(C)C)c1ccc(Cl)cc1. The summed E-state index contributed by atoms with van der Waals surface area (Å²) in [4.78, 5) is 0. The van der Waals surface area contributed by atoms with Gasteiger partial charge in [-0.3, -0.25) is 0 Å². The van der Waals surface area contributed by atoms with E-state index < -0.39 is 0 Å². The zero-order valence-corrected chi connectivity index (χ0v) is 10.4. The summed E-state index contributed by atoms with van der Waals surface area (Å²) >= 11 is 5.85. The van der Waals surface area contributed by atoms with Crippen molar-refractivity contribution >= 4 is 11.6 Å². The standard InChI is InChI=1S/C13H19ClO/c1-10(2)4-9-13(15-3)11-5-7-12(14)8-6-11/h5-8,10,13H,4,9H2,1-3H3/t13-/m0/s1. The van der Waals surface area contributed by atoms with E-state index in [0.717, 1.165) is 17.4 Å². The Labute approximate surface area is 97.4 Å². The Morgan fingerprint density at radius 2 is 1.73 bits per heavy atom. The summed E-state index contributed by atoms with van der Waals surface area (Å²) in [6.45, 7) is 4.46. The van der Waals surface area contributed by atoms with Crippen LogP contribution in [0.15, 0.2) is 24.3 Å². The molecule has 0 aliphatic rings. The van der Waals surface area contributed by atoms with Gasteiger partial charge in [0, 0.05) is 12.1 Å². The van der Waals surface area contributed by atoms with Gasteiger partial charge >= 0.3 is 0 Å².